The van der Waals surface area contributed by atoms with Gasteiger partial charge in [-0.25, -0.2) is 0 Å². The van der Waals surface area contributed by atoms with Gasteiger partial charge in [0, 0.05) is 12.8 Å². The number of hydrogen-bond acceptors (Lipinski definition) is 2. The minimum atomic E-state index is -0.298. The van der Waals surface area contributed by atoms with Crippen LogP contribution >= 0.6 is 11.6 Å². The van der Waals surface area contributed by atoms with Crippen LogP contribution in [0.5, 0.6) is 0 Å². The molecule has 0 fully saturated rings. The highest BCUT2D eigenvalue weighted by atomic mass is 35.5. The van der Waals surface area contributed by atoms with Gasteiger partial charge in [0.2, 0.25) is 0 Å². The fourth-order valence-corrected chi connectivity index (χ4v) is 0.965. The third kappa shape index (κ3) is 2.06. The molecule has 1 heterocycles. The number of pyridine rings is 1. The summed E-state index contributed by atoms with van der Waals surface area (Å²) in [6.07, 6.45) is 2.06. The second-order valence-corrected chi connectivity index (χ2v) is 2.57. The molecule has 2 N–H and O–H groups in total. The van der Waals surface area contributed by atoms with Gasteiger partial charge < -0.3 is 10.1 Å². The number of aromatic amines is 1. The van der Waals surface area contributed by atoms with Crippen LogP contribution in [-0.4, -0.2) is 16.7 Å². The number of nitrogens with one attached hydrogen (secondary N) is 1. The molecular formula is C7H8ClNO2. The van der Waals surface area contributed by atoms with E-state index >= 15 is 0 Å². The van der Waals surface area contributed by atoms with Crippen molar-refractivity contribution >= 4 is 11.6 Å². The molecule has 0 unspecified atom stereocenters. The third-order valence-corrected chi connectivity index (χ3v) is 1.60. The SMILES string of the molecule is O=c1[nH]cc(CCO)cc1Cl. The van der Waals surface area contributed by atoms with Gasteiger partial charge in [0.05, 0.1) is 0 Å². The molecule has 11 heavy (non-hydrogen) atoms. The van der Waals surface area contributed by atoms with Crippen molar-refractivity contribution in [3.63, 3.8) is 0 Å². The lowest BCUT2D eigenvalue weighted by atomic mass is 10.2. The lowest BCUT2D eigenvalue weighted by Crippen LogP contribution is -2.06. The average molecular weight is 174 g/mol. The molecule has 1 aromatic rings. The predicted molar refractivity (Wildman–Crippen MR) is 42.9 cm³/mol. The molecule has 1 rings (SSSR count). The molecule has 0 aliphatic carbocycles. The van der Waals surface area contributed by atoms with E-state index in [-0.39, 0.29) is 17.2 Å². The van der Waals surface area contributed by atoms with Gasteiger partial charge in [0.15, 0.2) is 0 Å². The average Bonchev–Trinajstić information content (AvgIpc) is 1.98. The second kappa shape index (κ2) is 3.55. The van der Waals surface area contributed by atoms with Gasteiger partial charge in [-0.05, 0) is 18.1 Å². The first-order valence-electron chi connectivity index (χ1n) is 3.22. The van der Waals surface area contributed by atoms with Crippen molar-refractivity contribution in [3.05, 3.63) is 33.2 Å². The van der Waals surface area contributed by atoms with Crippen LogP contribution in [0.4, 0.5) is 0 Å². The van der Waals surface area contributed by atoms with Crippen LogP contribution in [0.2, 0.25) is 5.02 Å². The summed E-state index contributed by atoms with van der Waals surface area (Å²) < 4.78 is 0. The Morgan fingerprint density at radius 1 is 1.64 bits per heavy atom. The molecule has 0 saturated carbocycles. The number of aliphatic hydroxyl groups is 1. The molecule has 0 amide bonds. The standard InChI is InChI=1S/C7H8ClNO2/c8-6-3-5(1-2-10)4-9-7(6)11/h3-4,10H,1-2H2,(H,9,11). The summed E-state index contributed by atoms with van der Waals surface area (Å²) in [4.78, 5) is 13.2. The molecule has 0 aliphatic heterocycles. The van der Waals surface area contributed by atoms with Gasteiger partial charge in [-0.15, -0.1) is 0 Å². The zero-order valence-corrected chi connectivity index (χ0v) is 6.56. The molecular weight excluding hydrogens is 166 g/mol. The van der Waals surface area contributed by atoms with Crippen molar-refractivity contribution in [1.82, 2.24) is 4.98 Å². The normalized spacial score (nSPS) is 10.0. The monoisotopic (exact) mass is 173 g/mol. The zero-order valence-electron chi connectivity index (χ0n) is 5.80. The Hall–Kier alpha value is -0.800. The first kappa shape index (κ1) is 8.30. The van der Waals surface area contributed by atoms with E-state index in [0.717, 1.165) is 5.56 Å². The van der Waals surface area contributed by atoms with Crippen molar-refractivity contribution in [2.75, 3.05) is 6.61 Å². The van der Waals surface area contributed by atoms with Crippen molar-refractivity contribution < 1.29 is 5.11 Å². The van der Waals surface area contributed by atoms with E-state index < -0.39 is 0 Å². The molecule has 1 aromatic heterocycles. The molecule has 0 aromatic carbocycles. The fourth-order valence-electron chi connectivity index (χ4n) is 0.771. The Bertz CT molecular complexity index is 295. The molecule has 60 valence electrons. The van der Waals surface area contributed by atoms with Crippen LogP contribution in [0, 0.1) is 0 Å². The van der Waals surface area contributed by atoms with E-state index in [4.69, 9.17) is 16.7 Å². The summed E-state index contributed by atoms with van der Waals surface area (Å²) >= 11 is 5.52. The highest BCUT2D eigenvalue weighted by Gasteiger charge is 1.96. The quantitative estimate of drug-likeness (QED) is 0.687. The molecule has 0 bridgehead atoms. The van der Waals surface area contributed by atoms with Crippen molar-refractivity contribution in [2.45, 2.75) is 6.42 Å². The number of halogens is 1. The van der Waals surface area contributed by atoms with Gasteiger partial charge in [-0.2, -0.15) is 0 Å². The minimum absolute atomic E-state index is 0.0579. The molecule has 0 aliphatic rings. The molecule has 0 spiro atoms. The second-order valence-electron chi connectivity index (χ2n) is 2.16. The Morgan fingerprint density at radius 3 is 2.91 bits per heavy atom. The largest absolute Gasteiger partial charge is 0.396 e. The van der Waals surface area contributed by atoms with Crippen LogP contribution in [0.1, 0.15) is 5.56 Å². The van der Waals surface area contributed by atoms with Crippen molar-refractivity contribution in [2.24, 2.45) is 0 Å². The maximum absolute atomic E-state index is 10.7. The molecule has 0 saturated heterocycles. The highest BCUT2D eigenvalue weighted by Crippen LogP contribution is 2.03. The number of aliphatic hydroxyl groups excluding tert-OH is 1. The van der Waals surface area contributed by atoms with Crippen LogP contribution < -0.4 is 5.56 Å². The van der Waals surface area contributed by atoms with Crippen LogP contribution in [0.15, 0.2) is 17.1 Å². The van der Waals surface area contributed by atoms with Gasteiger partial charge in [-0.1, -0.05) is 11.6 Å². The summed E-state index contributed by atoms with van der Waals surface area (Å²) in [5.74, 6) is 0. The Balaban J connectivity index is 2.96. The maximum atomic E-state index is 10.7. The van der Waals surface area contributed by atoms with Gasteiger partial charge >= 0.3 is 0 Å². The summed E-state index contributed by atoms with van der Waals surface area (Å²) in [5.41, 5.74) is 0.533. The van der Waals surface area contributed by atoms with E-state index in [1.165, 1.54) is 0 Å². The Morgan fingerprint density at radius 2 is 2.36 bits per heavy atom. The molecule has 3 nitrogen and oxygen atoms in total. The van der Waals surface area contributed by atoms with E-state index in [1.54, 1.807) is 12.3 Å². The minimum Gasteiger partial charge on any atom is -0.396 e. The van der Waals surface area contributed by atoms with E-state index in [1.807, 2.05) is 0 Å². The van der Waals surface area contributed by atoms with Gasteiger partial charge in [-0.3, -0.25) is 4.79 Å². The number of hydrogen-bond donors (Lipinski definition) is 2. The lowest BCUT2D eigenvalue weighted by molar-refractivity contribution is 0.299. The zero-order chi connectivity index (χ0) is 8.27. The Labute approximate surface area is 68.6 Å². The van der Waals surface area contributed by atoms with E-state index in [9.17, 15) is 4.79 Å². The highest BCUT2D eigenvalue weighted by molar-refractivity contribution is 6.30. The maximum Gasteiger partial charge on any atom is 0.266 e. The van der Waals surface area contributed by atoms with Gasteiger partial charge in [0.25, 0.3) is 5.56 Å². The number of rotatable bonds is 2. The van der Waals surface area contributed by atoms with E-state index in [0.29, 0.717) is 6.42 Å². The van der Waals surface area contributed by atoms with Crippen molar-refractivity contribution in [3.8, 4) is 0 Å². The molecule has 0 radical (unpaired) electrons. The fraction of sp³-hybridized carbons (Fsp3) is 0.286. The first-order chi connectivity index (χ1) is 5.24. The van der Waals surface area contributed by atoms with Gasteiger partial charge in [0.1, 0.15) is 5.02 Å². The van der Waals surface area contributed by atoms with Crippen LogP contribution in [0.25, 0.3) is 0 Å². The molecule has 0 atom stereocenters. The molecule has 4 heteroatoms. The summed E-state index contributed by atoms with van der Waals surface area (Å²) in [7, 11) is 0. The summed E-state index contributed by atoms with van der Waals surface area (Å²) in [6, 6.07) is 1.55. The third-order valence-electron chi connectivity index (χ3n) is 1.32. The smallest absolute Gasteiger partial charge is 0.266 e. The lowest BCUT2D eigenvalue weighted by Gasteiger charge is -1.96. The van der Waals surface area contributed by atoms with E-state index in [2.05, 4.69) is 4.98 Å². The summed E-state index contributed by atoms with van der Waals surface area (Å²) in [5, 5.41) is 8.71. The van der Waals surface area contributed by atoms with Crippen LogP contribution in [-0.2, 0) is 6.42 Å². The van der Waals surface area contributed by atoms with Crippen LogP contribution in [0.3, 0.4) is 0 Å². The topological polar surface area (TPSA) is 53.1 Å². The number of aromatic nitrogens is 1. The predicted octanol–water partition coefficient (Wildman–Crippen LogP) is 0.563. The van der Waals surface area contributed by atoms with Crippen molar-refractivity contribution in [1.29, 1.82) is 0 Å². The number of H-pyrrole nitrogens is 1. The summed E-state index contributed by atoms with van der Waals surface area (Å²) in [6.45, 7) is 0.0579. The Kier molecular flexibility index (Phi) is 2.68. The first-order valence-corrected chi connectivity index (χ1v) is 3.60.